The molecule has 7 heteroatoms. The number of nitrogens with one attached hydrogen (secondary N) is 2. The summed E-state index contributed by atoms with van der Waals surface area (Å²) in [5, 5.41) is 5.96. The van der Waals surface area contributed by atoms with E-state index in [1.165, 1.54) is 11.8 Å². The van der Waals surface area contributed by atoms with Crippen LogP contribution in [0.5, 0.6) is 0 Å². The smallest absolute Gasteiger partial charge is 0.255 e. The Morgan fingerprint density at radius 1 is 1.13 bits per heavy atom. The Balaban J connectivity index is 1.37. The minimum absolute atomic E-state index is 0.144. The monoisotopic (exact) mass is 423 g/mol. The number of fused-ring (bicyclic) bond motifs is 1. The highest BCUT2D eigenvalue weighted by atomic mass is 35.5. The van der Waals surface area contributed by atoms with E-state index in [-0.39, 0.29) is 18.4 Å². The molecule has 2 heterocycles. The molecule has 0 bridgehead atoms. The Morgan fingerprint density at radius 2 is 1.90 bits per heavy atom. The van der Waals surface area contributed by atoms with Crippen molar-refractivity contribution in [2.24, 2.45) is 0 Å². The SMILES string of the molecule is CC1Cc2ccccc2N1Cc1occc1C(=O)NCC(=O)Nc1ccc(Cl)cc1. The molecule has 1 aromatic heterocycles. The summed E-state index contributed by atoms with van der Waals surface area (Å²) < 4.78 is 5.61. The van der Waals surface area contributed by atoms with Gasteiger partial charge >= 0.3 is 0 Å². The van der Waals surface area contributed by atoms with Crippen molar-refractivity contribution in [2.75, 3.05) is 16.8 Å². The molecule has 1 aliphatic rings. The van der Waals surface area contributed by atoms with Gasteiger partial charge in [-0.15, -0.1) is 0 Å². The number of anilines is 2. The molecule has 1 aliphatic heterocycles. The molecule has 1 atom stereocenters. The summed E-state index contributed by atoms with van der Waals surface area (Å²) in [5.74, 6) is -0.0860. The van der Waals surface area contributed by atoms with Gasteiger partial charge < -0.3 is 20.0 Å². The first-order chi connectivity index (χ1) is 14.5. The fraction of sp³-hybridized carbons (Fsp3) is 0.217. The molecule has 0 fully saturated rings. The second-order valence-corrected chi connectivity index (χ2v) is 7.74. The maximum atomic E-state index is 12.6. The summed E-state index contributed by atoms with van der Waals surface area (Å²) in [5.41, 5.74) is 3.51. The number of halogens is 1. The van der Waals surface area contributed by atoms with Crippen LogP contribution < -0.4 is 15.5 Å². The van der Waals surface area contributed by atoms with Crippen LogP contribution in [-0.4, -0.2) is 24.4 Å². The summed E-state index contributed by atoms with van der Waals surface area (Å²) in [4.78, 5) is 27.0. The average molecular weight is 424 g/mol. The normalized spacial score (nSPS) is 15.0. The molecule has 0 radical (unpaired) electrons. The minimum Gasteiger partial charge on any atom is -0.467 e. The van der Waals surface area contributed by atoms with Crippen molar-refractivity contribution in [2.45, 2.75) is 25.9 Å². The topological polar surface area (TPSA) is 74.6 Å². The van der Waals surface area contributed by atoms with Gasteiger partial charge in [0.1, 0.15) is 5.76 Å². The fourth-order valence-electron chi connectivity index (χ4n) is 3.68. The summed E-state index contributed by atoms with van der Waals surface area (Å²) in [7, 11) is 0. The zero-order valence-corrected chi connectivity index (χ0v) is 17.3. The number of carbonyl (C=O) groups is 2. The van der Waals surface area contributed by atoms with Gasteiger partial charge in [0.15, 0.2) is 0 Å². The summed E-state index contributed by atoms with van der Waals surface area (Å²) >= 11 is 5.84. The van der Waals surface area contributed by atoms with E-state index in [1.54, 1.807) is 30.3 Å². The average Bonchev–Trinajstić information content (AvgIpc) is 3.33. The van der Waals surface area contributed by atoms with Crippen molar-refractivity contribution in [3.05, 3.63) is 82.8 Å². The lowest BCUT2D eigenvalue weighted by Gasteiger charge is -2.24. The molecule has 2 aromatic carbocycles. The quantitative estimate of drug-likeness (QED) is 0.621. The van der Waals surface area contributed by atoms with Crippen LogP contribution in [0.25, 0.3) is 0 Å². The Hall–Kier alpha value is -3.25. The largest absolute Gasteiger partial charge is 0.467 e. The van der Waals surface area contributed by atoms with E-state index in [0.29, 0.717) is 34.6 Å². The van der Waals surface area contributed by atoms with Crippen LogP contribution in [0.4, 0.5) is 11.4 Å². The lowest BCUT2D eigenvalue weighted by molar-refractivity contribution is -0.115. The van der Waals surface area contributed by atoms with Crippen LogP contribution in [-0.2, 0) is 17.8 Å². The number of furan rings is 1. The predicted molar refractivity (Wildman–Crippen MR) is 117 cm³/mol. The zero-order chi connectivity index (χ0) is 21.1. The van der Waals surface area contributed by atoms with E-state index in [2.05, 4.69) is 34.6 Å². The highest BCUT2D eigenvalue weighted by Gasteiger charge is 2.28. The molecule has 30 heavy (non-hydrogen) atoms. The van der Waals surface area contributed by atoms with E-state index < -0.39 is 0 Å². The van der Waals surface area contributed by atoms with Crippen LogP contribution in [0.1, 0.15) is 28.6 Å². The van der Waals surface area contributed by atoms with Gasteiger partial charge in [-0.3, -0.25) is 9.59 Å². The van der Waals surface area contributed by atoms with E-state index in [4.69, 9.17) is 16.0 Å². The van der Waals surface area contributed by atoms with Crippen molar-refractivity contribution < 1.29 is 14.0 Å². The first kappa shape index (κ1) is 20.0. The number of para-hydroxylation sites is 1. The van der Waals surface area contributed by atoms with Gasteiger partial charge in [0, 0.05) is 22.4 Å². The fourth-order valence-corrected chi connectivity index (χ4v) is 3.81. The lowest BCUT2D eigenvalue weighted by Crippen LogP contribution is -2.34. The third kappa shape index (κ3) is 4.33. The molecule has 2 amide bonds. The maximum Gasteiger partial charge on any atom is 0.255 e. The standard InChI is InChI=1S/C23H22ClN3O3/c1-15-12-16-4-2-3-5-20(16)27(15)14-21-19(10-11-30-21)23(29)25-13-22(28)26-18-8-6-17(24)7-9-18/h2-11,15H,12-14H2,1H3,(H,25,29)(H,26,28). The molecule has 3 aromatic rings. The lowest BCUT2D eigenvalue weighted by atomic mass is 10.1. The zero-order valence-electron chi connectivity index (χ0n) is 16.5. The van der Waals surface area contributed by atoms with Gasteiger partial charge in [-0.2, -0.15) is 0 Å². The summed E-state index contributed by atoms with van der Waals surface area (Å²) in [6.45, 7) is 2.50. The third-order valence-electron chi connectivity index (χ3n) is 5.19. The second kappa shape index (κ2) is 8.63. The summed E-state index contributed by atoms with van der Waals surface area (Å²) in [6.07, 6.45) is 2.47. The molecule has 4 rings (SSSR count). The molecule has 0 spiro atoms. The first-order valence-electron chi connectivity index (χ1n) is 9.76. The number of rotatable bonds is 6. The number of nitrogens with zero attached hydrogens (tertiary/aromatic N) is 1. The molecular weight excluding hydrogens is 402 g/mol. The van der Waals surface area contributed by atoms with Crippen LogP contribution >= 0.6 is 11.6 Å². The summed E-state index contributed by atoms with van der Waals surface area (Å²) in [6, 6.07) is 17.0. The Labute approximate surface area is 179 Å². The van der Waals surface area contributed by atoms with Crippen molar-refractivity contribution >= 4 is 34.8 Å². The van der Waals surface area contributed by atoms with E-state index in [0.717, 1.165) is 12.1 Å². The second-order valence-electron chi connectivity index (χ2n) is 7.30. The molecule has 0 saturated carbocycles. The highest BCUT2D eigenvalue weighted by Crippen LogP contribution is 2.33. The van der Waals surface area contributed by atoms with Gasteiger partial charge in [-0.25, -0.2) is 0 Å². The number of carbonyl (C=O) groups excluding carboxylic acids is 2. The van der Waals surface area contributed by atoms with Gasteiger partial charge in [-0.05, 0) is 55.3 Å². The molecule has 0 saturated heterocycles. The Bertz CT molecular complexity index is 1060. The van der Waals surface area contributed by atoms with Gasteiger partial charge in [0.2, 0.25) is 5.91 Å². The van der Waals surface area contributed by atoms with E-state index in [9.17, 15) is 9.59 Å². The number of benzene rings is 2. The molecule has 2 N–H and O–H groups in total. The Kier molecular flexibility index (Phi) is 5.77. The number of amides is 2. The predicted octanol–water partition coefficient (Wildman–Crippen LogP) is 4.25. The molecule has 6 nitrogen and oxygen atoms in total. The van der Waals surface area contributed by atoms with E-state index in [1.807, 2.05) is 12.1 Å². The van der Waals surface area contributed by atoms with Crippen LogP contribution in [0.2, 0.25) is 5.02 Å². The van der Waals surface area contributed by atoms with E-state index >= 15 is 0 Å². The maximum absolute atomic E-state index is 12.6. The van der Waals surface area contributed by atoms with Gasteiger partial charge in [-0.1, -0.05) is 29.8 Å². The number of hydrogen-bond donors (Lipinski definition) is 2. The first-order valence-corrected chi connectivity index (χ1v) is 10.1. The van der Waals surface area contributed by atoms with Crippen LogP contribution in [0.3, 0.4) is 0 Å². The Morgan fingerprint density at radius 3 is 2.70 bits per heavy atom. The minimum atomic E-state index is -0.342. The number of hydrogen-bond acceptors (Lipinski definition) is 4. The molecule has 1 unspecified atom stereocenters. The highest BCUT2D eigenvalue weighted by molar-refractivity contribution is 6.30. The van der Waals surface area contributed by atoms with Crippen molar-refractivity contribution in [3.8, 4) is 0 Å². The molecule has 0 aliphatic carbocycles. The molecular formula is C23H22ClN3O3. The molecule has 154 valence electrons. The van der Waals surface area contributed by atoms with Crippen molar-refractivity contribution in [1.82, 2.24) is 5.32 Å². The van der Waals surface area contributed by atoms with Gasteiger partial charge in [0.25, 0.3) is 5.91 Å². The van der Waals surface area contributed by atoms with Crippen LogP contribution in [0.15, 0.2) is 65.3 Å². The van der Waals surface area contributed by atoms with Crippen molar-refractivity contribution in [1.29, 1.82) is 0 Å². The van der Waals surface area contributed by atoms with Crippen LogP contribution in [0, 0.1) is 0 Å². The third-order valence-corrected chi connectivity index (χ3v) is 5.44. The van der Waals surface area contributed by atoms with Crippen molar-refractivity contribution in [3.63, 3.8) is 0 Å². The van der Waals surface area contributed by atoms with Gasteiger partial charge in [0.05, 0.1) is 24.9 Å².